The van der Waals surface area contributed by atoms with Crippen LogP contribution >= 0.6 is 0 Å². The summed E-state index contributed by atoms with van der Waals surface area (Å²) in [6.07, 6.45) is 8.77. The van der Waals surface area contributed by atoms with Crippen LogP contribution in [0, 0.1) is 0 Å². The van der Waals surface area contributed by atoms with E-state index in [9.17, 15) is 9.32 Å². The predicted octanol–water partition coefficient (Wildman–Crippen LogP) is 3.78. The average Bonchev–Trinajstić information content (AvgIpc) is 2.98. The molecule has 1 aromatic heterocycles. The number of benzene rings is 1. The third-order valence-corrected chi connectivity index (χ3v) is 5.48. The van der Waals surface area contributed by atoms with Gasteiger partial charge in [-0.2, -0.15) is 0 Å². The van der Waals surface area contributed by atoms with E-state index in [2.05, 4.69) is 17.0 Å². The van der Waals surface area contributed by atoms with Crippen LogP contribution < -0.4 is 0 Å². The van der Waals surface area contributed by atoms with Gasteiger partial charge in [0.15, 0.2) is 11.0 Å². The van der Waals surface area contributed by atoms with E-state index in [1.54, 1.807) is 24.3 Å². The fourth-order valence-electron chi connectivity index (χ4n) is 3.10. The highest BCUT2D eigenvalue weighted by atomic mass is 32.2. The predicted molar refractivity (Wildman–Crippen MR) is 98.2 cm³/mol. The van der Waals surface area contributed by atoms with E-state index in [1.807, 2.05) is 24.3 Å². The first-order valence-corrected chi connectivity index (χ1v) is 9.42. The molecular weight excluding hydrogens is 320 g/mol. The number of phenolic OH excluding ortho intramolecular Hbond substituents is 1. The normalized spacial score (nSPS) is 16.2. The summed E-state index contributed by atoms with van der Waals surface area (Å²) in [6.45, 7) is 0.810. The molecule has 24 heavy (non-hydrogen) atoms. The molecule has 1 aliphatic rings. The zero-order valence-corrected chi connectivity index (χ0v) is 15.1. The lowest BCUT2D eigenvalue weighted by atomic mass is 9.97. The number of nitrogens with zero attached hydrogens (tertiary/aromatic N) is 2. The minimum atomic E-state index is -1.37. The van der Waals surface area contributed by atoms with Crippen molar-refractivity contribution >= 4 is 16.6 Å². The average molecular weight is 344 g/mol. The van der Waals surface area contributed by atoms with Gasteiger partial charge in [-0.1, -0.05) is 12.1 Å². The van der Waals surface area contributed by atoms with Gasteiger partial charge in [-0.05, 0) is 75.2 Å². The maximum Gasteiger partial charge on any atom is 0.157 e. The van der Waals surface area contributed by atoms with E-state index in [4.69, 9.17) is 0 Å². The quantitative estimate of drug-likeness (QED) is 0.898. The molecule has 4 nitrogen and oxygen atoms in total. The third kappa shape index (κ3) is 3.79. The molecule has 3 rings (SSSR count). The summed E-state index contributed by atoms with van der Waals surface area (Å²) in [7, 11) is 2.69. The van der Waals surface area contributed by atoms with Gasteiger partial charge in [0.1, 0.15) is 5.75 Å². The van der Waals surface area contributed by atoms with Gasteiger partial charge >= 0.3 is 0 Å². The zero-order valence-electron chi connectivity index (χ0n) is 14.2. The molecule has 1 N–H and O–H groups in total. The molecule has 1 aromatic carbocycles. The summed E-state index contributed by atoms with van der Waals surface area (Å²) >= 11 is 0. The highest BCUT2D eigenvalue weighted by Gasteiger charge is 2.18. The van der Waals surface area contributed by atoms with Crippen molar-refractivity contribution in [2.45, 2.75) is 37.1 Å². The topological polar surface area (TPSA) is 45.5 Å². The minimum Gasteiger partial charge on any atom is -0.508 e. The summed E-state index contributed by atoms with van der Waals surface area (Å²) in [5.74, 6) is 0.139. The van der Waals surface area contributed by atoms with Crippen LogP contribution in [-0.4, -0.2) is 32.3 Å². The molecule has 128 valence electrons. The van der Waals surface area contributed by atoms with Crippen LogP contribution in [0.3, 0.4) is 0 Å². The smallest absolute Gasteiger partial charge is 0.157 e. The Balaban J connectivity index is 2.02. The van der Waals surface area contributed by atoms with Crippen molar-refractivity contribution in [1.29, 1.82) is 0 Å². The lowest BCUT2D eigenvalue weighted by molar-refractivity contribution is 0.402. The molecule has 0 saturated carbocycles. The first-order chi connectivity index (χ1) is 11.5. The summed E-state index contributed by atoms with van der Waals surface area (Å²) in [5, 5.41) is 9.69. The Labute approximate surface area is 146 Å². The summed E-state index contributed by atoms with van der Waals surface area (Å²) < 4.78 is 14.9. The minimum absolute atomic E-state index is 0.139. The lowest BCUT2D eigenvalue weighted by Gasteiger charge is -2.15. The molecule has 1 aliphatic carbocycles. The van der Waals surface area contributed by atoms with E-state index in [-0.39, 0.29) is 5.75 Å². The van der Waals surface area contributed by atoms with Gasteiger partial charge in [0.25, 0.3) is 0 Å². The van der Waals surface area contributed by atoms with Crippen molar-refractivity contribution < 1.29 is 9.32 Å². The Hall–Kier alpha value is -1.85. The molecule has 0 spiro atoms. The second-order valence-electron chi connectivity index (χ2n) is 6.52. The Kier molecular flexibility index (Phi) is 5.21. The van der Waals surface area contributed by atoms with Crippen LogP contribution in [0.1, 0.15) is 36.9 Å². The number of rotatable bonds is 5. The van der Waals surface area contributed by atoms with Crippen molar-refractivity contribution in [3.05, 3.63) is 53.9 Å². The fraction of sp³-hybridized carbons (Fsp3) is 0.368. The third-order valence-electron chi connectivity index (χ3n) is 4.16. The Bertz CT molecular complexity index is 777. The maximum atomic E-state index is 13.1. The number of allylic oxidation sites excluding steroid dienone is 2. The molecule has 0 amide bonds. The molecule has 5 heteroatoms. The van der Waals surface area contributed by atoms with Gasteiger partial charge in [0.2, 0.25) is 0 Å². The van der Waals surface area contributed by atoms with Crippen LogP contribution in [0.5, 0.6) is 5.75 Å². The van der Waals surface area contributed by atoms with Crippen LogP contribution in [0.15, 0.2) is 47.5 Å². The largest absolute Gasteiger partial charge is 0.508 e. The number of phenols is 1. The second-order valence-corrected chi connectivity index (χ2v) is 7.88. The van der Waals surface area contributed by atoms with Gasteiger partial charge in [0, 0.05) is 12.7 Å². The van der Waals surface area contributed by atoms with Gasteiger partial charge < -0.3 is 10.0 Å². The Morgan fingerprint density at radius 2 is 2.08 bits per heavy atom. The van der Waals surface area contributed by atoms with Crippen LogP contribution in [0.2, 0.25) is 0 Å². The molecule has 1 heterocycles. The Morgan fingerprint density at radius 3 is 2.75 bits per heavy atom. The van der Waals surface area contributed by atoms with Gasteiger partial charge in [0.05, 0.1) is 10.6 Å². The van der Waals surface area contributed by atoms with Gasteiger partial charge in [-0.3, -0.25) is 3.97 Å². The molecule has 1 unspecified atom stereocenters. The Morgan fingerprint density at radius 1 is 1.25 bits per heavy atom. The molecule has 1 atom stereocenters. The number of aromatic hydroxyl groups is 1. The van der Waals surface area contributed by atoms with Crippen molar-refractivity contribution in [3.8, 4) is 5.75 Å². The van der Waals surface area contributed by atoms with Crippen LogP contribution in [0.4, 0.5) is 0 Å². The van der Waals surface area contributed by atoms with E-state index in [0.29, 0.717) is 4.90 Å². The van der Waals surface area contributed by atoms with Crippen molar-refractivity contribution in [3.63, 3.8) is 0 Å². The zero-order chi connectivity index (χ0) is 17.1. The maximum absolute atomic E-state index is 13.1. The van der Waals surface area contributed by atoms with Crippen molar-refractivity contribution in [2.24, 2.45) is 0 Å². The SMILES string of the molecule is CN(C)Cc1cc(C2=CCCCC2)n(S(=O)c2cccc(O)c2)c1. The van der Waals surface area contributed by atoms with E-state index in [0.717, 1.165) is 30.6 Å². The first-order valence-electron chi connectivity index (χ1n) is 8.31. The second kappa shape index (κ2) is 7.36. The first kappa shape index (κ1) is 17.0. The highest BCUT2D eigenvalue weighted by Crippen LogP contribution is 2.30. The van der Waals surface area contributed by atoms with Crippen molar-refractivity contribution in [2.75, 3.05) is 14.1 Å². The summed E-state index contributed by atoms with van der Waals surface area (Å²) in [4.78, 5) is 2.72. The van der Waals surface area contributed by atoms with Crippen LogP contribution in [0.25, 0.3) is 5.57 Å². The van der Waals surface area contributed by atoms with E-state index >= 15 is 0 Å². The fourth-order valence-corrected chi connectivity index (χ4v) is 4.32. The lowest BCUT2D eigenvalue weighted by Crippen LogP contribution is -2.10. The van der Waals surface area contributed by atoms with Crippen LogP contribution in [-0.2, 0) is 17.5 Å². The van der Waals surface area contributed by atoms with Crippen molar-refractivity contribution in [1.82, 2.24) is 8.87 Å². The molecule has 0 radical (unpaired) electrons. The standard InChI is InChI=1S/C19H24N2O2S/c1-20(2)13-15-11-19(16-7-4-3-5-8-16)21(14-15)24(23)18-10-6-9-17(22)12-18/h6-7,9-12,14,22H,3-5,8,13H2,1-2H3. The molecule has 0 saturated heterocycles. The summed E-state index contributed by atoms with van der Waals surface area (Å²) in [5.41, 5.74) is 3.46. The summed E-state index contributed by atoms with van der Waals surface area (Å²) in [6, 6.07) is 8.84. The monoisotopic (exact) mass is 344 g/mol. The van der Waals surface area contributed by atoms with Gasteiger partial charge in [-0.25, -0.2) is 4.21 Å². The molecular formula is C19H24N2O2S. The van der Waals surface area contributed by atoms with E-state index in [1.165, 1.54) is 18.4 Å². The number of aromatic nitrogens is 1. The number of hydrogen-bond acceptors (Lipinski definition) is 3. The van der Waals surface area contributed by atoms with E-state index < -0.39 is 11.0 Å². The number of hydrogen-bond donors (Lipinski definition) is 1. The molecule has 2 aromatic rings. The molecule has 0 fully saturated rings. The molecule has 0 bridgehead atoms. The van der Waals surface area contributed by atoms with Gasteiger partial charge in [-0.15, -0.1) is 0 Å². The highest BCUT2D eigenvalue weighted by molar-refractivity contribution is 7.83. The molecule has 0 aliphatic heterocycles.